The van der Waals surface area contributed by atoms with Crippen molar-refractivity contribution in [2.75, 3.05) is 6.54 Å². The summed E-state index contributed by atoms with van der Waals surface area (Å²) in [6.07, 6.45) is 5.52. The number of hydrogen-bond donors (Lipinski definition) is 1. The molecule has 1 atom stereocenters. The van der Waals surface area contributed by atoms with Gasteiger partial charge in [-0.2, -0.15) is 0 Å². The first kappa shape index (κ1) is 10.8. The average molecular weight is 187 g/mol. The van der Waals surface area contributed by atoms with Crippen LogP contribution in [0.2, 0.25) is 0 Å². The molecule has 0 heterocycles. The maximum Gasteiger partial charge on any atom is 0.0948 e. The third-order valence-corrected chi connectivity index (χ3v) is 2.41. The predicted octanol–water partition coefficient (Wildman–Crippen LogP) is 2.59. The quantitative estimate of drug-likeness (QED) is 0.717. The lowest BCUT2D eigenvalue weighted by Crippen LogP contribution is -2.20. The second kappa shape index (κ2) is 4.83. The van der Waals surface area contributed by atoms with E-state index < -0.39 is 0 Å². The van der Waals surface area contributed by atoms with Crippen LogP contribution < -0.4 is 5.32 Å². The summed E-state index contributed by atoms with van der Waals surface area (Å²) in [5.74, 6) is 2.79. The summed E-state index contributed by atoms with van der Waals surface area (Å²) in [4.78, 5) is 0. The number of rotatable bonds is 3. The van der Waals surface area contributed by atoms with Crippen molar-refractivity contribution in [1.29, 1.82) is 0 Å². The van der Waals surface area contributed by atoms with Gasteiger partial charge < -0.3 is 5.32 Å². The molecular formula is C13H17N. The molecule has 0 saturated heterocycles. The zero-order valence-corrected chi connectivity index (χ0v) is 9.09. The van der Waals surface area contributed by atoms with Crippen molar-refractivity contribution in [1.82, 2.24) is 5.32 Å². The van der Waals surface area contributed by atoms with E-state index in [1.807, 2.05) is 0 Å². The number of terminal acetylenes is 1. The monoisotopic (exact) mass is 187 g/mol. The van der Waals surface area contributed by atoms with Gasteiger partial charge in [0.25, 0.3) is 0 Å². The van der Waals surface area contributed by atoms with Gasteiger partial charge in [0.2, 0.25) is 0 Å². The van der Waals surface area contributed by atoms with E-state index in [-0.39, 0.29) is 6.04 Å². The van der Waals surface area contributed by atoms with E-state index in [9.17, 15) is 0 Å². The molecule has 1 unspecified atom stereocenters. The molecule has 1 heteroatoms. The van der Waals surface area contributed by atoms with E-state index in [1.54, 1.807) is 0 Å². The molecule has 0 aromatic heterocycles. The van der Waals surface area contributed by atoms with Crippen LogP contribution in [0.25, 0.3) is 0 Å². The summed E-state index contributed by atoms with van der Waals surface area (Å²) in [6, 6.07) is 6.31. The molecule has 1 aromatic rings. The normalized spacial score (nSPS) is 12.1. The summed E-state index contributed by atoms with van der Waals surface area (Å²) < 4.78 is 0. The van der Waals surface area contributed by atoms with E-state index in [2.05, 4.69) is 50.2 Å². The molecule has 0 spiro atoms. The van der Waals surface area contributed by atoms with Crippen LogP contribution >= 0.6 is 0 Å². The van der Waals surface area contributed by atoms with Gasteiger partial charge >= 0.3 is 0 Å². The third-order valence-electron chi connectivity index (χ3n) is 2.41. The largest absolute Gasteiger partial charge is 0.300 e. The SMILES string of the molecule is C#CC(NCC)c1c(C)cccc1C. The standard InChI is InChI=1S/C13H17N/c1-5-12(14-6-2)13-10(3)8-7-9-11(13)4/h1,7-9,12,14H,6H2,2-4H3. The second-order valence-corrected chi connectivity index (χ2v) is 3.46. The molecule has 1 aromatic carbocycles. The van der Waals surface area contributed by atoms with Crippen LogP contribution in [-0.2, 0) is 0 Å². The topological polar surface area (TPSA) is 12.0 Å². The fourth-order valence-corrected chi connectivity index (χ4v) is 1.73. The first-order valence-electron chi connectivity index (χ1n) is 4.96. The Labute approximate surface area is 86.5 Å². The average Bonchev–Trinajstić information content (AvgIpc) is 2.16. The van der Waals surface area contributed by atoms with Crippen molar-refractivity contribution >= 4 is 0 Å². The van der Waals surface area contributed by atoms with E-state index in [1.165, 1.54) is 16.7 Å². The highest BCUT2D eigenvalue weighted by molar-refractivity contribution is 5.39. The maximum absolute atomic E-state index is 5.52. The fraction of sp³-hybridized carbons (Fsp3) is 0.385. The van der Waals surface area contributed by atoms with Crippen LogP contribution in [-0.4, -0.2) is 6.54 Å². The Morgan fingerprint density at radius 1 is 1.36 bits per heavy atom. The van der Waals surface area contributed by atoms with Gasteiger partial charge in [0, 0.05) is 0 Å². The lowest BCUT2D eigenvalue weighted by Gasteiger charge is -2.17. The Morgan fingerprint density at radius 2 is 1.93 bits per heavy atom. The molecule has 0 bridgehead atoms. The Hall–Kier alpha value is -1.26. The molecule has 0 amide bonds. The Balaban J connectivity index is 3.10. The van der Waals surface area contributed by atoms with E-state index >= 15 is 0 Å². The Kier molecular flexibility index (Phi) is 3.73. The fourth-order valence-electron chi connectivity index (χ4n) is 1.73. The molecular weight excluding hydrogens is 170 g/mol. The Bertz CT molecular complexity index is 326. The minimum atomic E-state index is 0.0428. The summed E-state index contributed by atoms with van der Waals surface area (Å²) in [5.41, 5.74) is 3.76. The van der Waals surface area contributed by atoms with Crippen molar-refractivity contribution in [3.63, 3.8) is 0 Å². The Morgan fingerprint density at radius 3 is 2.36 bits per heavy atom. The lowest BCUT2D eigenvalue weighted by molar-refractivity contribution is 0.658. The molecule has 0 aliphatic rings. The number of benzene rings is 1. The van der Waals surface area contributed by atoms with Crippen molar-refractivity contribution in [2.24, 2.45) is 0 Å². The highest BCUT2D eigenvalue weighted by atomic mass is 14.9. The van der Waals surface area contributed by atoms with Crippen LogP contribution in [0, 0.1) is 26.2 Å². The smallest absolute Gasteiger partial charge is 0.0948 e. The van der Waals surface area contributed by atoms with Crippen molar-refractivity contribution in [3.8, 4) is 12.3 Å². The molecule has 0 fully saturated rings. The van der Waals surface area contributed by atoms with Gasteiger partial charge in [0.05, 0.1) is 6.04 Å². The molecule has 0 aliphatic carbocycles. The highest BCUT2D eigenvalue weighted by Gasteiger charge is 2.11. The zero-order valence-electron chi connectivity index (χ0n) is 9.09. The minimum Gasteiger partial charge on any atom is -0.300 e. The van der Waals surface area contributed by atoms with Crippen molar-refractivity contribution in [2.45, 2.75) is 26.8 Å². The van der Waals surface area contributed by atoms with Gasteiger partial charge in [-0.15, -0.1) is 6.42 Å². The van der Waals surface area contributed by atoms with Crippen LogP contribution in [0.15, 0.2) is 18.2 Å². The van der Waals surface area contributed by atoms with Crippen LogP contribution in [0.1, 0.15) is 29.7 Å². The minimum absolute atomic E-state index is 0.0428. The van der Waals surface area contributed by atoms with Gasteiger partial charge in [-0.25, -0.2) is 0 Å². The molecule has 74 valence electrons. The van der Waals surface area contributed by atoms with Crippen LogP contribution in [0.4, 0.5) is 0 Å². The van der Waals surface area contributed by atoms with E-state index in [0.717, 1.165) is 6.54 Å². The molecule has 14 heavy (non-hydrogen) atoms. The maximum atomic E-state index is 5.52. The van der Waals surface area contributed by atoms with E-state index in [0.29, 0.717) is 0 Å². The van der Waals surface area contributed by atoms with Crippen LogP contribution in [0.5, 0.6) is 0 Å². The zero-order chi connectivity index (χ0) is 10.6. The number of hydrogen-bond acceptors (Lipinski definition) is 1. The molecule has 1 N–H and O–H groups in total. The first-order chi connectivity index (χ1) is 6.70. The van der Waals surface area contributed by atoms with Gasteiger partial charge in [0.15, 0.2) is 0 Å². The summed E-state index contributed by atoms with van der Waals surface area (Å²) in [6.45, 7) is 7.16. The summed E-state index contributed by atoms with van der Waals surface area (Å²) >= 11 is 0. The van der Waals surface area contributed by atoms with Gasteiger partial charge in [0.1, 0.15) is 0 Å². The molecule has 0 radical (unpaired) electrons. The first-order valence-corrected chi connectivity index (χ1v) is 4.96. The second-order valence-electron chi connectivity index (χ2n) is 3.46. The summed E-state index contributed by atoms with van der Waals surface area (Å²) in [5, 5.41) is 3.29. The third kappa shape index (κ3) is 2.16. The molecule has 0 saturated carbocycles. The van der Waals surface area contributed by atoms with Gasteiger partial charge in [-0.3, -0.25) is 0 Å². The van der Waals surface area contributed by atoms with Crippen LogP contribution in [0.3, 0.4) is 0 Å². The molecule has 1 rings (SSSR count). The molecule has 0 aliphatic heterocycles. The lowest BCUT2D eigenvalue weighted by atomic mass is 9.96. The van der Waals surface area contributed by atoms with Crippen molar-refractivity contribution < 1.29 is 0 Å². The predicted molar refractivity (Wildman–Crippen MR) is 61.2 cm³/mol. The number of nitrogens with one attached hydrogen (secondary N) is 1. The van der Waals surface area contributed by atoms with Crippen molar-refractivity contribution in [3.05, 3.63) is 34.9 Å². The highest BCUT2D eigenvalue weighted by Crippen LogP contribution is 2.20. The van der Waals surface area contributed by atoms with Gasteiger partial charge in [-0.05, 0) is 37.1 Å². The summed E-state index contributed by atoms with van der Waals surface area (Å²) in [7, 11) is 0. The number of aryl methyl sites for hydroxylation is 2. The van der Waals surface area contributed by atoms with E-state index in [4.69, 9.17) is 6.42 Å². The van der Waals surface area contributed by atoms with Gasteiger partial charge in [-0.1, -0.05) is 31.0 Å². The molecule has 1 nitrogen and oxygen atoms in total.